The van der Waals surface area contributed by atoms with E-state index >= 15 is 0 Å². The molecule has 0 saturated carbocycles. The highest BCUT2D eigenvalue weighted by atomic mass is 35.5. The first-order chi connectivity index (χ1) is 12.4. The minimum absolute atomic E-state index is 0.124. The highest BCUT2D eigenvalue weighted by Gasteiger charge is 2.10. The Morgan fingerprint density at radius 2 is 2.08 bits per heavy atom. The Bertz CT molecular complexity index is 973. The third-order valence-corrected chi connectivity index (χ3v) is 4.37. The summed E-state index contributed by atoms with van der Waals surface area (Å²) >= 11 is 11.8. The molecule has 0 amide bonds. The Labute approximate surface area is 160 Å². The highest BCUT2D eigenvalue weighted by Crippen LogP contribution is 2.27. The van der Waals surface area contributed by atoms with Crippen molar-refractivity contribution in [3.63, 3.8) is 0 Å². The smallest absolute Gasteiger partial charge is 0.189 e. The maximum atomic E-state index is 12.2. The molecule has 1 aromatic carbocycles. The number of aromatic nitrogens is 2. The molecule has 5 nitrogen and oxygen atoms in total. The zero-order valence-corrected chi connectivity index (χ0v) is 15.7. The quantitative estimate of drug-likeness (QED) is 0.433. The lowest BCUT2D eigenvalue weighted by atomic mass is 10.1. The number of furan rings is 1. The molecule has 3 rings (SSSR count). The molecule has 0 aliphatic carbocycles. The molecule has 0 spiro atoms. The fourth-order valence-electron chi connectivity index (χ4n) is 2.37. The van der Waals surface area contributed by atoms with Crippen molar-refractivity contribution in [2.75, 3.05) is 0 Å². The highest BCUT2D eigenvalue weighted by molar-refractivity contribution is 6.42. The Kier molecular flexibility index (Phi) is 5.49. The van der Waals surface area contributed by atoms with E-state index in [1.807, 2.05) is 0 Å². The molecule has 7 heteroatoms. The van der Waals surface area contributed by atoms with E-state index in [0.29, 0.717) is 38.6 Å². The van der Waals surface area contributed by atoms with Crippen molar-refractivity contribution >= 4 is 35.1 Å². The van der Waals surface area contributed by atoms with Crippen LogP contribution in [0.5, 0.6) is 5.75 Å². The van der Waals surface area contributed by atoms with E-state index in [1.54, 1.807) is 61.3 Å². The van der Waals surface area contributed by atoms with Gasteiger partial charge in [-0.2, -0.15) is 5.10 Å². The number of halogens is 2. The molecular formula is C19H16Cl2N2O3. The van der Waals surface area contributed by atoms with Crippen molar-refractivity contribution in [1.29, 1.82) is 0 Å². The van der Waals surface area contributed by atoms with Crippen LogP contribution in [-0.2, 0) is 13.7 Å². The molecule has 134 valence electrons. The van der Waals surface area contributed by atoms with Gasteiger partial charge in [0.1, 0.15) is 23.9 Å². The molecule has 0 N–H and O–H groups in total. The maximum absolute atomic E-state index is 12.2. The first-order valence-electron chi connectivity index (χ1n) is 7.81. The summed E-state index contributed by atoms with van der Waals surface area (Å²) in [6.45, 7) is 2.04. The van der Waals surface area contributed by atoms with E-state index in [1.165, 1.54) is 6.08 Å². The number of carbonyl (C=O) groups is 1. The van der Waals surface area contributed by atoms with Crippen LogP contribution >= 0.6 is 23.2 Å². The summed E-state index contributed by atoms with van der Waals surface area (Å²) in [5.74, 6) is 1.66. The lowest BCUT2D eigenvalue weighted by Crippen LogP contribution is -1.94. The van der Waals surface area contributed by atoms with E-state index in [-0.39, 0.29) is 12.4 Å². The second kappa shape index (κ2) is 7.81. The summed E-state index contributed by atoms with van der Waals surface area (Å²) in [6, 6.07) is 8.60. The molecule has 3 aromatic rings. The maximum Gasteiger partial charge on any atom is 0.189 e. The van der Waals surface area contributed by atoms with E-state index in [9.17, 15) is 4.79 Å². The Balaban J connectivity index is 1.61. The predicted octanol–water partition coefficient (Wildman–Crippen LogP) is 5.10. The van der Waals surface area contributed by atoms with Gasteiger partial charge in [-0.25, -0.2) is 0 Å². The van der Waals surface area contributed by atoms with E-state index in [2.05, 4.69) is 5.10 Å². The molecule has 0 fully saturated rings. The average molecular weight is 391 g/mol. The van der Waals surface area contributed by atoms with Gasteiger partial charge in [0.05, 0.1) is 21.3 Å². The molecule has 26 heavy (non-hydrogen) atoms. The van der Waals surface area contributed by atoms with Gasteiger partial charge in [-0.1, -0.05) is 23.2 Å². The number of rotatable bonds is 6. The Morgan fingerprint density at radius 1 is 1.27 bits per heavy atom. The molecule has 0 atom stereocenters. The number of allylic oxidation sites excluding steroid dienone is 1. The number of ketones is 1. The standard InChI is InChI=1S/C19H16Cl2N2O3/c1-12-16(10-23(2)22-12)19(24)8-6-13-3-4-15(26-13)11-25-14-5-7-17(20)18(21)9-14/h3-10H,11H2,1-2H3. The van der Waals surface area contributed by atoms with Crippen molar-refractivity contribution in [3.8, 4) is 5.75 Å². The van der Waals surface area contributed by atoms with Crippen LogP contribution in [0.3, 0.4) is 0 Å². The van der Waals surface area contributed by atoms with Crippen molar-refractivity contribution in [3.05, 3.63) is 75.4 Å². The summed E-state index contributed by atoms with van der Waals surface area (Å²) in [4.78, 5) is 12.2. The van der Waals surface area contributed by atoms with Gasteiger partial charge in [0.15, 0.2) is 5.78 Å². The lowest BCUT2D eigenvalue weighted by Gasteiger charge is -2.05. The largest absolute Gasteiger partial charge is 0.486 e. The van der Waals surface area contributed by atoms with Crippen molar-refractivity contribution < 1.29 is 13.9 Å². The van der Waals surface area contributed by atoms with E-state index in [4.69, 9.17) is 32.4 Å². The van der Waals surface area contributed by atoms with Crippen LogP contribution in [0.4, 0.5) is 0 Å². The van der Waals surface area contributed by atoms with Gasteiger partial charge in [0, 0.05) is 19.3 Å². The van der Waals surface area contributed by atoms with Gasteiger partial charge in [0.2, 0.25) is 0 Å². The topological polar surface area (TPSA) is 57.3 Å². The van der Waals surface area contributed by atoms with Gasteiger partial charge in [-0.15, -0.1) is 0 Å². The van der Waals surface area contributed by atoms with E-state index in [0.717, 1.165) is 0 Å². The van der Waals surface area contributed by atoms with E-state index < -0.39 is 0 Å². The zero-order chi connectivity index (χ0) is 18.7. The normalized spacial score (nSPS) is 11.2. The number of ether oxygens (including phenoxy) is 1. The van der Waals surface area contributed by atoms with Gasteiger partial charge in [-0.05, 0) is 43.3 Å². The molecular weight excluding hydrogens is 375 g/mol. The van der Waals surface area contributed by atoms with Crippen molar-refractivity contribution in [2.45, 2.75) is 13.5 Å². The zero-order valence-electron chi connectivity index (χ0n) is 14.2. The fraction of sp³-hybridized carbons (Fsp3) is 0.158. The lowest BCUT2D eigenvalue weighted by molar-refractivity contribution is 0.104. The minimum Gasteiger partial charge on any atom is -0.486 e. The molecule has 2 heterocycles. The van der Waals surface area contributed by atoms with Crippen molar-refractivity contribution in [1.82, 2.24) is 9.78 Å². The number of carbonyl (C=O) groups excluding carboxylic acids is 1. The first kappa shape index (κ1) is 18.3. The molecule has 0 unspecified atom stereocenters. The van der Waals surface area contributed by atoms with Crippen LogP contribution in [0.1, 0.15) is 27.6 Å². The minimum atomic E-state index is -0.124. The van der Waals surface area contributed by atoms with Crippen LogP contribution < -0.4 is 4.74 Å². The van der Waals surface area contributed by atoms with Gasteiger partial charge >= 0.3 is 0 Å². The summed E-state index contributed by atoms with van der Waals surface area (Å²) in [7, 11) is 1.78. The second-order valence-corrected chi connectivity index (χ2v) is 6.48. The number of hydrogen-bond acceptors (Lipinski definition) is 4. The summed E-state index contributed by atoms with van der Waals surface area (Å²) in [6.07, 6.45) is 4.78. The average Bonchev–Trinajstić information content (AvgIpc) is 3.19. The van der Waals surface area contributed by atoms with Gasteiger partial charge in [-0.3, -0.25) is 9.48 Å². The Hall–Kier alpha value is -2.50. The first-order valence-corrected chi connectivity index (χ1v) is 8.57. The Morgan fingerprint density at radius 3 is 2.77 bits per heavy atom. The number of hydrogen-bond donors (Lipinski definition) is 0. The van der Waals surface area contributed by atoms with Crippen molar-refractivity contribution in [2.24, 2.45) is 7.05 Å². The molecule has 0 bridgehead atoms. The monoisotopic (exact) mass is 390 g/mol. The molecule has 0 aliphatic rings. The molecule has 0 saturated heterocycles. The molecule has 0 aliphatic heterocycles. The SMILES string of the molecule is Cc1nn(C)cc1C(=O)C=Cc1ccc(COc2ccc(Cl)c(Cl)c2)o1. The van der Waals surface area contributed by atoms with Crippen LogP contribution in [0, 0.1) is 6.92 Å². The summed E-state index contributed by atoms with van der Waals surface area (Å²) < 4.78 is 12.9. The van der Waals surface area contributed by atoms with Gasteiger partial charge in [0.25, 0.3) is 0 Å². The summed E-state index contributed by atoms with van der Waals surface area (Å²) in [5, 5.41) is 5.06. The third kappa shape index (κ3) is 4.36. The van der Waals surface area contributed by atoms with Gasteiger partial charge < -0.3 is 9.15 Å². The van der Waals surface area contributed by atoms with Crippen LogP contribution in [0.25, 0.3) is 6.08 Å². The predicted molar refractivity (Wildman–Crippen MR) is 101 cm³/mol. The van der Waals surface area contributed by atoms with Crippen LogP contribution in [0.2, 0.25) is 10.0 Å². The fourth-order valence-corrected chi connectivity index (χ4v) is 2.66. The molecule has 0 radical (unpaired) electrons. The number of nitrogens with zero attached hydrogens (tertiary/aromatic N) is 2. The number of aryl methyl sites for hydroxylation is 2. The molecule has 2 aromatic heterocycles. The third-order valence-electron chi connectivity index (χ3n) is 3.63. The second-order valence-electron chi connectivity index (χ2n) is 5.67. The summed E-state index contributed by atoms with van der Waals surface area (Å²) in [5.41, 5.74) is 1.26. The van der Waals surface area contributed by atoms with Crippen LogP contribution in [0.15, 0.2) is 47.0 Å². The van der Waals surface area contributed by atoms with Crippen LogP contribution in [-0.4, -0.2) is 15.6 Å². The number of benzene rings is 1.